The Bertz CT molecular complexity index is 590. The summed E-state index contributed by atoms with van der Waals surface area (Å²) >= 11 is 0. The highest BCUT2D eigenvalue weighted by molar-refractivity contribution is 5.91. The van der Waals surface area contributed by atoms with Crippen LogP contribution in [0.4, 0.5) is 0 Å². The van der Waals surface area contributed by atoms with Crippen molar-refractivity contribution in [2.45, 2.75) is 49.0 Å². The van der Waals surface area contributed by atoms with Crippen LogP contribution in [0.5, 0.6) is 0 Å². The Morgan fingerprint density at radius 1 is 1.27 bits per heavy atom. The SMILES string of the molecule is C=C[C@H]1[C@@H](O[C@@H]2O[C@H](CO)[C@@H](O)[C@H](O)[C@H]2O)OC=C2C(=O)OCC[C@]21O. The molecule has 0 aromatic carbocycles. The van der Waals surface area contributed by atoms with Crippen LogP contribution in [0.15, 0.2) is 24.5 Å². The predicted molar refractivity (Wildman–Crippen MR) is 82.0 cm³/mol. The molecule has 0 bridgehead atoms. The van der Waals surface area contributed by atoms with Crippen LogP contribution in [-0.4, -0.2) is 87.3 Å². The minimum atomic E-state index is -1.63. The lowest BCUT2D eigenvalue weighted by Crippen LogP contribution is -2.61. The van der Waals surface area contributed by atoms with E-state index in [1.54, 1.807) is 0 Å². The van der Waals surface area contributed by atoms with E-state index in [0.29, 0.717) is 0 Å². The highest BCUT2D eigenvalue weighted by Crippen LogP contribution is 2.42. The van der Waals surface area contributed by atoms with Gasteiger partial charge in [0, 0.05) is 6.42 Å². The number of hydrogen-bond donors (Lipinski definition) is 5. The molecule has 10 nitrogen and oxygen atoms in total. The summed E-state index contributed by atoms with van der Waals surface area (Å²) in [4.78, 5) is 11.8. The van der Waals surface area contributed by atoms with E-state index >= 15 is 0 Å². The Balaban J connectivity index is 1.81. The van der Waals surface area contributed by atoms with Gasteiger partial charge in [-0.25, -0.2) is 4.79 Å². The van der Waals surface area contributed by atoms with Crippen LogP contribution in [0.2, 0.25) is 0 Å². The highest BCUT2D eigenvalue weighted by Gasteiger charge is 2.54. The topological polar surface area (TPSA) is 155 Å². The predicted octanol–water partition coefficient (Wildman–Crippen LogP) is -2.48. The van der Waals surface area contributed by atoms with Gasteiger partial charge in [0.1, 0.15) is 35.6 Å². The lowest BCUT2D eigenvalue weighted by Gasteiger charge is -2.46. The molecule has 3 aliphatic rings. The molecule has 8 atom stereocenters. The van der Waals surface area contributed by atoms with Crippen molar-refractivity contribution < 1.29 is 49.3 Å². The molecule has 5 N–H and O–H groups in total. The number of carbonyl (C=O) groups excluding carboxylic acids is 1. The lowest BCUT2D eigenvalue weighted by molar-refractivity contribution is -0.344. The summed E-state index contributed by atoms with van der Waals surface area (Å²) in [5.41, 5.74) is -1.70. The maximum atomic E-state index is 11.8. The van der Waals surface area contributed by atoms with E-state index in [-0.39, 0.29) is 18.6 Å². The van der Waals surface area contributed by atoms with Crippen molar-refractivity contribution in [2.75, 3.05) is 13.2 Å². The van der Waals surface area contributed by atoms with E-state index in [1.165, 1.54) is 6.08 Å². The molecule has 0 radical (unpaired) electrons. The van der Waals surface area contributed by atoms with Gasteiger partial charge in [0.05, 0.1) is 25.4 Å². The summed E-state index contributed by atoms with van der Waals surface area (Å²) in [5, 5.41) is 49.9. The van der Waals surface area contributed by atoms with Crippen molar-refractivity contribution in [3.63, 3.8) is 0 Å². The molecule has 0 aromatic heterocycles. The van der Waals surface area contributed by atoms with E-state index < -0.39 is 61.1 Å². The number of rotatable bonds is 4. The molecule has 0 spiro atoms. The summed E-state index contributed by atoms with van der Waals surface area (Å²) < 4.78 is 21.1. The van der Waals surface area contributed by atoms with Crippen LogP contribution in [0.1, 0.15) is 6.42 Å². The van der Waals surface area contributed by atoms with E-state index in [0.717, 1.165) is 6.26 Å². The van der Waals surface area contributed by atoms with Crippen molar-refractivity contribution in [3.8, 4) is 0 Å². The number of cyclic esters (lactones) is 1. The second-order valence-electron chi connectivity index (χ2n) is 6.44. The summed E-state index contributed by atoms with van der Waals surface area (Å²) in [7, 11) is 0. The molecule has 0 unspecified atom stereocenters. The zero-order chi connectivity index (χ0) is 19.1. The third-order valence-electron chi connectivity index (χ3n) is 4.94. The second-order valence-corrected chi connectivity index (χ2v) is 6.44. The normalized spacial score (nSPS) is 45.8. The molecule has 0 aromatic rings. The summed E-state index contributed by atoms with van der Waals surface area (Å²) in [6.07, 6.45) is -6.10. The standard InChI is InChI=1S/C16H22O10/c1-2-7-14(24-6-8-13(21)23-4-3-16(7,8)22)26-15-12(20)11(19)10(18)9(5-17)25-15/h2,6-7,9-12,14-15,17-20,22H,1,3-5H2/t7-,9+,10+,11-,12+,14+,15-,16+/m0/s1. The van der Waals surface area contributed by atoms with Gasteiger partial charge in [-0.05, 0) is 0 Å². The molecule has 3 aliphatic heterocycles. The fraction of sp³-hybridized carbons (Fsp3) is 0.688. The number of aliphatic hydroxyl groups excluding tert-OH is 4. The second kappa shape index (κ2) is 7.24. The number of aliphatic hydroxyl groups is 5. The van der Waals surface area contributed by atoms with Gasteiger partial charge in [0.15, 0.2) is 6.29 Å². The highest BCUT2D eigenvalue weighted by atomic mass is 16.8. The zero-order valence-electron chi connectivity index (χ0n) is 13.8. The smallest absolute Gasteiger partial charge is 0.340 e. The summed E-state index contributed by atoms with van der Waals surface area (Å²) in [5.74, 6) is -1.61. The molecule has 0 aliphatic carbocycles. The van der Waals surface area contributed by atoms with Crippen molar-refractivity contribution in [2.24, 2.45) is 5.92 Å². The molecule has 146 valence electrons. The fourth-order valence-electron chi connectivity index (χ4n) is 3.36. The van der Waals surface area contributed by atoms with Gasteiger partial charge in [0.2, 0.25) is 6.29 Å². The van der Waals surface area contributed by atoms with Gasteiger partial charge < -0.3 is 44.5 Å². The molecular formula is C16H22O10. The fourth-order valence-corrected chi connectivity index (χ4v) is 3.36. The maximum absolute atomic E-state index is 11.8. The minimum Gasteiger partial charge on any atom is -0.471 e. The Hall–Kier alpha value is -1.53. The Labute approximate surface area is 148 Å². The van der Waals surface area contributed by atoms with Crippen LogP contribution in [0, 0.1) is 5.92 Å². The number of fused-ring (bicyclic) bond motifs is 1. The first-order valence-corrected chi connectivity index (χ1v) is 8.17. The van der Waals surface area contributed by atoms with Gasteiger partial charge in [-0.2, -0.15) is 0 Å². The zero-order valence-corrected chi connectivity index (χ0v) is 13.8. The van der Waals surface area contributed by atoms with E-state index in [1.807, 2.05) is 0 Å². The average molecular weight is 374 g/mol. The Morgan fingerprint density at radius 3 is 2.65 bits per heavy atom. The Kier molecular flexibility index (Phi) is 5.35. The molecular weight excluding hydrogens is 352 g/mol. The Morgan fingerprint density at radius 2 is 2.00 bits per heavy atom. The number of esters is 1. The maximum Gasteiger partial charge on any atom is 0.340 e. The average Bonchev–Trinajstić information content (AvgIpc) is 2.61. The van der Waals surface area contributed by atoms with Crippen LogP contribution < -0.4 is 0 Å². The van der Waals surface area contributed by atoms with E-state index in [2.05, 4.69) is 6.58 Å². The number of carbonyl (C=O) groups is 1. The molecule has 10 heteroatoms. The van der Waals surface area contributed by atoms with Crippen molar-refractivity contribution in [3.05, 3.63) is 24.5 Å². The first kappa shape index (κ1) is 19.2. The van der Waals surface area contributed by atoms with Crippen LogP contribution >= 0.6 is 0 Å². The van der Waals surface area contributed by atoms with E-state index in [4.69, 9.17) is 18.9 Å². The third kappa shape index (κ3) is 3.03. The monoisotopic (exact) mass is 374 g/mol. The van der Waals surface area contributed by atoms with Gasteiger partial charge in [-0.1, -0.05) is 6.08 Å². The van der Waals surface area contributed by atoms with Gasteiger partial charge in [-0.3, -0.25) is 0 Å². The van der Waals surface area contributed by atoms with Crippen LogP contribution in [-0.2, 0) is 23.7 Å². The number of ether oxygens (including phenoxy) is 4. The largest absolute Gasteiger partial charge is 0.471 e. The molecule has 0 saturated carbocycles. The molecule has 2 fully saturated rings. The summed E-state index contributed by atoms with van der Waals surface area (Å²) in [6.45, 7) is 3.03. The van der Waals surface area contributed by atoms with Crippen LogP contribution in [0.25, 0.3) is 0 Å². The van der Waals surface area contributed by atoms with Crippen molar-refractivity contribution in [1.29, 1.82) is 0 Å². The van der Waals surface area contributed by atoms with Crippen molar-refractivity contribution in [1.82, 2.24) is 0 Å². The summed E-state index contributed by atoms with van der Waals surface area (Å²) in [6, 6.07) is 0. The minimum absolute atomic E-state index is 0.00375. The van der Waals surface area contributed by atoms with Gasteiger partial charge in [-0.15, -0.1) is 6.58 Å². The van der Waals surface area contributed by atoms with Crippen molar-refractivity contribution >= 4 is 5.97 Å². The molecule has 3 rings (SSSR count). The quantitative estimate of drug-likeness (QED) is 0.264. The van der Waals surface area contributed by atoms with Gasteiger partial charge >= 0.3 is 5.97 Å². The lowest BCUT2D eigenvalue weighted by atomic mass is 9.76. The third-order valence-corrected chi connectivity index (χ3v) is 4.94. The molecule has 0 amide bonds. The van der Waals surface area contributed by atoms with E-state index in [9.17, 15) is 30.3 Å². The van der Waals surface area contributed by atoms with Crippen LogP contribution in [0.3, 0.4) is 0 Å². The number of hydrogen-bond acceptors (Lipinski definition) is 10. The molecule has 2 saturated heterocycles. The molecule has 3 heterocycles. The molecule has 26 heavy (non-hydrogen) atoms. The first-order valence-electron chi connectivity index (χ1n) is 8.17. The van der Waals surface area contributed by atoms with Gasteiger partial charge in [0.25, 0.3) is 0 Å². The first-order chi connectivity index (χ1) is 12.3.